The second-order valence-corrected chi connectivity index (χ2v) is 9.29. The fourth-order valence-electron chi connectivity index (χ4n) is 3.86. The van der Waals surface area contributed by atoms with Crippen LogP contribution in [0.1, 0.15) is 22.8 Å². The van der Waals surface area contributed by atoms with Gasteiger partial charge in [-0.3, -0.25) is 14.6 Å². The molecule has 5 nitrogen and oxygen atoms in total. The molecule has 0 bridgehead atoms. The Hall–Kier alpha value is -2.51. The first kappa shape index (κ1) is 19.8. The molecule has 0 spiro atoms. The molecule has 29 heavy (non-hydrogen) atoms. The summed E-state index contributed by atoms with van der Waals surface area (Å²) >= 11 is 0. The van der Waals surface area contributed by atoms with Gasteiger partial charge in [-0.05, 0) is 42.5 Å². The minimum absolute atomic E-state index is 0.0118. The van der Waals surface area contributed by atoms with Gasteiger partial charge in [-0.2, -0.15) is 0 Å². The molecule has 2 amide bonds. The van der Waals surface area contributed by atoms with E-state index in [0.717, 1.165) is 33.5 Å². The van der Waals surface area contributed by atoms with Crippen molar-refractivity contribution in [3.8, 4) is 0 Å². The van der Waals surface area contributed by atoms with Crippen molar-refractivity contribution in [2.24, 2.45) is 0 Å². The average Bonchev–Trinajstić information content (AvgIpc) is 3.11. The zero-order valence-electron chi connectivity index (χ0n) is 16.2. The molecule has 1 aliphatic rings. The maximum Gasteiger partial charge on any atom is 0.252 e. The van der Waals surface area contributed by atoms with Gasteiger partial charge >= 0.3 is 0 Å². The molecule has 0 saturated heterocycles. The summed E-state index contributed by atoms with van der Waals surface area (Å²) in [5.41, 5.74) is 3.50. The second-order valence-electron chi connectivity index (χ2n) is 6.85. The van der Waals surface area contributed by atoms with Crippen LogP contribution >= 0.6 is 21.6 Å². The van der Waals surface area contributed by atoms with Crippen molar-refractivity contribution in [1.82, 2.24) is 10.3 Å². The molecule has 2 aromatic carbocycles. The SMILES string of the molecule is CSSc1ccc(C(=O)NCC2Cc3ccccc3N2C(C)=O)c2cccnc12. The maximum absolute atomic E-state index is 13.0. The Morgan fingerprint density at radius 2 is 2.00 bits per heavy atom. The van der Waals surface area contributed by atoms with Crippen LogP contribution in [-0.4, -0.2) is 35.6 Å². The number of benzene rings is 2. The second kappa shape index (κ2) is 8.47. The molecule has 1 atom stereocenters. The van der Waals surface area contributed by atoms with Crippen molar-refractivity contribution in [3.63, 3.8) is 0 Å². The summed E-state index contributed by atoms with van der Waals surface area (Å²) in [5.74, 6) is -0.162. The molecule has 2 heterocycles. The van der Waals surface area contributed by atoms with E-state index in [1.165, 1.54) is 0 Å². The normalized spacial score (nSPS) is 15.4. The molecule has 148 valence electrons. The van der Waals surface area contributed by atoms with Crippen molar-refractivity contribution in [2.75, 3.05) is 17.7 Å². The summed E-state index contributed by atoms with van der Waals surface area (Å²) in [5, 5.41) is 3.87. The summed E-state index contributed by atoms with van der Waals surface area (Å²) in [4.78, 5) is 32.5. The Labute approximate surface area is 177 Å². The van der Waals surface area contributed by atoms with Crippen LogP contribution in [0.4, 0.5) is 5.69 Å². The van der Waals surface area contributed by atoms with E-state index in [1.54, 1.807) is 39.6 Å². The van der Waals surface area contributed by atoms with E-state index in [4.69, 9.17) is 0 Å². The number of fused-ring (bicyclic) bond motifs is 2. The molecule has 3 aromatic rings. The van der Waals surface area contributed by atoms with Crippen LogP contribution in [0.3, 0.4) is 0 Å². The van der Waals surface area contributed by atoms with Crippen LogP contribution < -0.4 is 10.2 Å². The Morgan fingerprint density at radius 1 is 1.17 bits per heavy atom. The quantitative estimate of drug-likeness (QED) is 0.620. The number of pyridine rings is 1. The number of hydrogen-bond donors (Lipinski definition) is 1. The maximum atomic E-state index is 13.0. The third-order valence-electron chi connectivity index (χ3n) is 5.06. The first-order chi connectivity index (χ1) is 14.1. The van der Waals surface area contributed by atoms with Gasteiger partial charge in [0.1, 0.15) is 0 Å². The first-order valence-corrected chi connectivity index (χ1v) is 11.9. The van der Waals surface area contributed by atoms with Gasteiger partial charge in [-0.25, -0.2) is 0 Å². The highest BCUT2D eigenvalue weighted by molar-refractivity contribution is 8.76. The molecule has 0 radical (unpaired) electrons. The first-order valence-electron chi connectivity index (χ1n) is 9.34. The molecule has 0 aliphatic carbocycles. The van der Waals surface area contributed by atoms with E-state index in [-0.39, 0.29) is 17.9 Å². The van der Waals surface area contributed by atoms with Gasteiger partial charge in [0.05, 0.1) is 11.6 Å². The summed E-state index contributed by atoms with van der Waals surface area (Å²) in [6.07, 6.45) is 4.50. The third-order valence-corrected chi connectivity index (χ3v) is 6.77. The Bertz CT molecular complexity index is 1090. The molecule has 1 N–H and O–H groups in total. The number of nitrogens with zero attached hydrogens (tertiary/aromatic N) is 2. The summed E-state index contributed by atoms with van der Waals surface area (Å²) in [6.45, 7) is 1.97. The zero-order valence-corrected chi connectivity index (χ0v) is 17.8. The highest BCUT2D eigenvalue weighted by Crippen LogP contribution is 2.35. The average molecular weight is 424 g/mol. The van der Waals surface area contributed by atoms with E-state index >= 15 is 0 Å². The third kappa shape index (κ3) is 3.84. The van der Waals surface area contributed by atoms with Crippen LogP contribution in [0.2, 0.25) is 0 Å². The van der Waals surface area contributed by atoms with Gasteiger partial charge in [0.25, 0.3) is 5.91 Å². The predicted octanol–water partition coefficient (Wildman–Crippen LogP) is 4.31. The lowest BCUT2D eigenvalue weighted by Gasteiger charge is -2.24. The van der Waals surface area contributed by atoms with Gasteiger partial charge in [0.2, 0.25) is 5.91 Å². The number of rotatable bonds is 5. The lowest BCUT2D eigenvalue weighted by atomic mass is 10.1. The number of aromatic nitrogens is 1. The highest BCUT2D eigenvalue weighted by Gasteiger charge is 2.32. The molecular formula is C22H21N3O2S2. The minimum atomic E-state index is -0.150. The van der Waals surface area contributed by atoms with E-state index in [2.05, 4.69) is 10.3 Å². The largest absolute Gasteiger partial charge is 0.350 e. The number of carbonyl (C=O) groups excluding carboxylic acids is 2. The van der Waals surface area contributed by atoms with Crippen molar-refractivity contribution >= 4 is 50.0 Å². The number of amides is 2. The van der Waals surface area contributed by atoms with E-state index in [1.807, 2.05) is 54.8 Å². The van der Waals surface area contributed by atoms with Crippen molar-refractivity contribution in [2.45, 2.75) is 24.3 Å². The summed E-state index contributed by atoms with van der Waals surface area (Å²) in [6, 6.07) is 15.4. The molecule has 4 rings (SSSR count). The fraction of sp³-hybridized carbons (Fsp3) is 0.227. The fourth-order valence-corrected chi connectivity index (χ4v) is 5.34. The number of para-hydroxylation sites is 1. The van der Waals surface area contributed by atoms with Crippen molar-refractivity contribution in [1.29, 1.82) is 0 Å². The van der Waals surface area contributed by atoms with Gasteiger partial charge in [0.15, 0.2) is 0 Å². The van der Waals surface area contributed by atoms with E-state index in [9.17, 15) is 9.59 Å². The molecular weight excluding hydrogens is 402 g/mol. The predicted molar refractivity (Wildman–Crippen MR) is 121 cm³/mol. The number of carbonyl (C=O) groups is 2. The molecule has 1 aliphatic heterocycles. The number of nitrogens with one attached hydrogen (secondary N) is 1. The monoisotopic (exact) mass is 423 g/mol. The van der Waals surface area contributed by atoms with Crippen LogP contribution in [0.5, 0.6) is 0 Å². The molecule has 1 unspecified atom stereocenters. The van der Waals surface area contributed by atoms with Crippen LogP contribution in [0.25, 0.3) is 10.9 Å². The van der Waals surface area contributed by atoms with Crippen molar-refractivity contribution < 1.29 is 9.59 Å². The smallest absolute Gasteiger partial charge is 0.252 e. The van der Waals surface area contributed by atoms with Crippen LogP contribution in [0, 0.1) is 0 Å². The molecule has 0 fully saturated rings. The van der Waals surface area contributed by atoms with Gasteiger partial charge in [-0.1, -0.05) is 45.9 Å². The highest BCUT2D eigenvalue weighted by atomic mass is 33.1. The Balaban J connectivity index is 1.55. The molecule has 1 aromatic heterocycles. The standard InChI is InChI=1S/C22H21N3O2S2/c1-14(26)25-16(12-15-6-3-4-8-19(15)25)13-24-22(27)18-9-10-20(29-28-2)21-17(18)7-5-11-23-21/h3-11,16H,12-13H2,1-2H3,(H,24,27). The van der Waals surface area contributed by atoms with E-state index in [0.29, 0.717) is 12.1 Å². The molecule has 0 saturated carbocycles. The lowest BCUT2D eigenvalue weighted by Crippen LogP contribution is -2.44. The lowest BCUT2D eigenvalue weighted by molar-refractivity contribution is -0.116. The Kier molecular flexibility index (Phi) is 5.78. The summed E-state index contributed by atoms with van der Waals surface area (Å²) in [7, 11) is 3.28. The zero-order chi connectivity index (χ0) is 20.4. The topological polar surface area (TPSA) is 62.3 Å². The van der Waals surface area contributed by atoms with Crippen molar-refractivity contribution in [3.05, 3.63) is 65.9 Å². The van der Waals surface area contributed by atoms with Gasteiger partial charge < -0.3 is 10.2 Å². The summed E-state index contributed by atoms with van der Waals surface area (Å²) < 4.78 is 0. The van der Waals surface area contributed by atoms with Gasteiger partial charge in [0, 0.05) is 41.2 Å². The Morgan fingerprint density at radius 3 is 2.79 bits per heavy atom. The number of anilines is 1. The van der Waals surface area contributed by atoms with Crippen LogP contribution in [-0.2, 0) is 11.2 Å². The minimum Gasteiger partial charge on any atom is -0.350 e. The van der Waals surface area contributed by atoms with Gasteiger partial charge in [-0.15, -0.1) is 0 Å². The van der Waals surface area contributed by atoms with Crippen LogP contribution in [0.15, 0.2) is 59.6 Å². The number of hydrogen-bond acceptors (Lipinski definition) is 5. The van der Waals surface area contributed by atoms with E-state index < -0.39 is 0 Å². The molecule has 7 heteroatoms.